The standard InChI is InChI=1S/C10H22O2Si/c1-7-8(9(11)12)13(5,6)10(2,3)4/h8H,7H2,1-6H3,(H,11,12). The lowest BCUT2D eigenvalue weighted by atomic mass is 10.2. The van der Waals surface area contributed by atoms with E-state index >= 15 is 0 Å². The summed E-state index contributed by atoms with van der Waals surface area (Å²) in [5.41, 5.74) is -0.118. The summed E-state index contributed by atoms with van der Waals surface area (Å²) in [7, 11) is -1.70. The van der Waals surface area contributed by atoms with E-state index < -0.39 is 14.0 Å². The molecule has 1 atom stereocenters. The van der Waals surface area contributed by atoms with E-state index in [4.69, 9.17) is 5.11 Å². The molecule has 1 unspecified atom stereocenters. The molecule has 0 fully saturated rings. The number of carbonyl (C=O) groups is 1. The number of hydrogen-bond acceptors (Lipinski definition) is 1. The number of carboxylic acids is 1. The average molecular weight is 202 g/mol. The van der Waals surface area contributed by atoms with E-state index in [0.717, 1.165) is 6.42 Å². The van der Waals surface area contributed by atoms with Crippen LogP contribution in [0.1, 0.15) is 34.1 Å². The van der Waals surface area contributed by atoms with Crippen LogP contribution in [-0.4, -0.2) is 19.1 Å². The molecule has 0 aliphatic carbocycles. The second-order valence-electron chi connectivity index (χ2n) is 5.27. The summed E-state index contributed by atoms with van der Waals surface area (Å²) in [6.07, 6.45) is 0.756. The highest BCUT2D eigenvalue weighted by Crippen LogP contribution is 2.44. The molecule has 78 valence electrons. The molecule has 0 radical (unpaired) electrons. The highest BCUT2D eigenvalue weighted by atomic mass is 28.3. The largest absolute Gasteiger partial charge is 0.481 e. The monoisotopic (exact) mass is 202 g/mol. The zero-order chi connectivity index (χ0) is 10.9. The molecule has 0 spiro atoms. The maximum Gasteiger partial charge on any atom is 0.303 e. The van der Waals surface area contributed by atoms with Gasteiger partial charge in [-0.05, 0) is 11.5 Å². The van der Waals surface area contributed by atoms with Crippen LogP contribution in [0.3, 0.4) is 0 Å². The van der Waals surface area contributed by atoms with Gasteiger partial charge in [-0.1, -0.05) is 40.8 Å². The third-order valence-electron chi connectivity index (χ3n) is 3.51. The maximum atomic E-state index is 11.1. The van der Waals surface area contributed by atoms with Gasteiger partial charge in [0.15, 0.2) is 0 Å². The fourth-order valence-corrected chi connectivity index (χ4v) is 4.20. The first-order chi connectivity index (χ1) is 5.64. The van der Waals surface area contributed by atoms with Crippen LogP contribution in [0.2, 0.25) is 23.7 Å². The van der Waals surface area contributed by atoms with Crippen LogP contribution < -0.4 is 0 Å². The van der Waals surface area contributed by atoms with E-state index in [0.29, 0.717) is 0 Å². The Labute approximate surface area is 82.4 Å². The first kappa shape index (κ1) is 12.7. The highest BCUT2D eigenvalue weighted by Gasteiger charge is 2.44. The van der Waals surface area contributed by atoms with Gasteiger partial charge in [0.2, 0.25) is 0 Å². The minimum absolute atomic E-state index is 0.118. The van der Waals surface area contributed by atoms with Crippen molar-refractivity contribution in [2.24, 2.45) is 0 Å². The molecule has 2 nitrogen and oxygen atoms in total. The Morgan fingerprint density at radius 1 is 1.38 bits per heavy atom. The zero-order valence-electron chi connectivity index (χ0n) is 9.64. The normalized spacial score (nSPS) is 15.5. The van der Waals surface area contributed by atoms with Crippen molar-refractivity contribution >= 4 is 14.0 Å². The highest BCUT2D eigenvalue weighted by molar-refractivity contribution is 6.84. The van der Waals surface area contributed by atoms with Gasteiger partial charge >= 0.3 is 5.97 Å². The summed E-state index contributed by atoms with van der Waals surface area (Å²) in [4.78, 5) is 11.1. The van der Waals surface area contributed by atoms with Crippen molar-refractivity contribution < 1.29 is 9.90 Å². The molecule has 0 aromatic carbocycles. The summed E-state index contributed by atoms with van der Waals surface area (Å²) in [6, 6.07) is 0. The first-order valence-corrected chi connectivity index (χ1v) is 7.95. The van der Waals surface area contributed by atoms with Crippen molar-refractivity contribution in [2.45, 2.75) is 57.8 Å². The van der Waals surface area contributed by atoms with Crippen LogP contribution >= 0.6 is 0 Å². The Morgan fingerprint density at radius 3 is 1.85 bits per heavy atom. The van der Waals surface area contributed by atoms with Crippen molar-refractivity contribution in [1.29, 1.82) is 0 Å². The topological polar surface area (TPSA) is 37.3 Å². The molecule has 0 aromatic rings. The average Bonchev–Trinajstić information content (AvgIpc) is 1.83. The summed E-state index contributed by atoms with van der Waals surface area (Å²) in [6.45, 7) is 12.8. The first-order valence-electron chi connectivity index (χ1n) is 4.87. The molecule has 0 aliphatic rings. The van der Waals surface area contributed by atoms with Crippen molar-refractivity contribution in [3.8, 4) is 0 Å². The summed E-state index contributed by atoms with van der Waals surface area (Å²) >= 11 is 0. The van der Waals surface area contributed by atoms with Crippen molar-refractivity contribution in [1.82, 2.24) is 0 Å². The Kier molecular flexibility index (Phi) is 3.73. The van der Waals surface area contributed by atoms with E-state index in [-0.39, 0.29) is 10.6 Å². The summed E-state index contributed by atoms with van der Waals surface area (Å²) in [5.74, 6) is -0.617. The molecule has 0 heterocycles. The predicted molar refractivity (Wildman–Crippen MR) is 58.9 cm³/mol. The minimum atomic E-state index is -1.70. The second kappa shape index (κ2) is 3.82. The smallest absolute Gasteiger partial charge is 0.303 e. The molecule has 0 bridgehead atoms. The molecule has 0 aromatic heterocycles. The van der Waals surface area contributed by atoms with E-state index in [1.54, 1.807) is 0 Å². The molecule has 0 rings (SSSR count). The lowest BCUT2D eigenvalue weighted by Crippen LogP contribution is -2.45. The fraction of sp³-hybridized carbons (Fsp3) is 0.900. The van der Waals surface area contributed by atoms with E-state index in [1.165, 1.54) is 0 Å². The van der Waals surface area contributed by atoms with Crippen LogP contribution in [0, 0.1) is 0 Å². The third-order valence-corrected chi connectivity index (χ3v) is 9.77. The van der Waals surface area contributed by atoms with Crippen LogP contribution in [0.25, 0.3) is 0 Å². The number of rotatable bonds is 3. The predicted octanol–water partition coefficient (Wildman–Crippen LogP) is 3.36. The molecule has 13 heavy (non-hydrogen) atoms. The molecule has 0 saturated heterocycles. The summed E-state index contributed by atoms with van der Waals surface area (Å²) < 4.78 is 0. The SMILES string of the molecule is CCC(C(=O)O)[Si](C)(C)C(C)(C)C. The Bertz CT molecular complexity index is 192. The summed E-state index contributed by atoms with van der Waals surface area (Å²) in [5, 5.41) is 9.27. The maximum absolute atomic E-state index is 11.1. The van der Waals surface area contributed by atoms with Gasteiger partial charge in [0.05, 0.1) is 13.6 Å². The lowest BCUT2D eigenvalue weighted by molar-refractivity contribution is -0.137. The van der Waals surface area contributed by atoms with Gasteiger partial charge in [0.1, 0.15) is 0 Å². The Hall–Kier alpha value is -0.313. The number of hydrogen-bond donors (Lipinski definition) is 1. The molecule has 3 heteroatoms. The molecule has 0 saturated carbocycles. The van der Waals surface area contributed by atoms with Gasteiger partial charge in [-0.15, -0.1) is 0 Å². The van der Waals surface area contributed by atoms with Gasteiger partial charge in [-0.3, -0.25) is 4.79 Å². The van der Waals surface area contributed by atoms with E-state index in [1.807, 2.05) is 6.92 Å². The van der Waals surface area contributed by atoms with Crippen molar-refractivity contribution in [3.05, 3.63) is 0 Å². The second-order valence-corrected chi connectivity index (χ2v) is 10.9. The Balaban J connectivity index is 4.89. The fourth-order valence-electron chi connectivity index (χ4n) is 1.52. The van der Waals surface area contributed by atoms with Crippen LogP contribution in [0.15, 0.2) is 0 Å². The van der Waals surface area contributed by atoms with Crippen LogP contribution in [0.5, 0.6) is 0 Å². The van der Waals surface area contributed by atoms with E-state index in [2.05, 4.69) is 33.9 Å². The number of carboxylic acid groups (broad SMARTS) is 1. The molecule has 0 amide bonds. The molecular formula is C10H22O2Si. The van der Waals surface area contributed by atoms with Gasteiger partial charge in [-0.2, -0.15) is 0 Å². The molecular weight excluding hydrogens is 180 g/mol. The van der Waals surface area contributed by atoms with Gasteiger partial charge in [-0.25, -0.2) is 0 Å². The third kappa shape index (κ3) is 2.56. The van der Waals surface area contributed by atoms with Crippen molar-refractivity contribution in [3.63, 3.8) is 0 Å². The quantitative estimate of drug-likeness (QED) is 0.713. The van der Waals surface area contributed by atoms with Crippen LogP contribution in [-0.2, 0) is 4.79 Å². The van der Waals surface area contributed by atoms with Gasteiger partial charge in [0.25, 0.3) is 0 Å². The zero-order valence-corrected chi connectivity index (χ0v) is 10.6. The molecule has 0 aliphatic heterocycles. The molecule has 1 N–H and O–H groups in total. The van der Waals surface area contributed by atoms with Gasteiger partial charge in [0, 0.05) is 0 Å². The van der Waals surface area contributed by atoms with Gasteiger partial charge < -0.3 is 5.11 Å². The van der Waals surface area contributed by atoms with Crippen LogP contribution in [0.4, 0.5) is 0 Å². The lowest BCUT2D eigenvalue weighted by Gasteiger charge is -2.41. The Morgan fingerprint density at radius 2 is 1.77 bits per heavy atom. The minimum Gasteiger partial charge on any atom is -0.481 e. The number of aliphatic carboxylic acids is 1. The van der Waals surface area contributed by atoms with E-state index in [9.17, 15) is 4.79 Å². The van der Waals surface area contributed by atoms with Crippen molar-refractivity contribution in [2.75, 3.05) is 0 Å².